The van der Waals surface area contributed by atoms with Gasteiger partial charge >= 0.3 is 0 Å². The van der Waals surface area contributed by atoms with Gasteiger partial charge in [0, 0.05) is 30.6 Å². The maximum absolute atomic E-state index is 14.2. The number of pyridine rings is 1. The number of aromatic nitrogens is 1. The van der Waals surface area contributed by atoms with Gasteiger partial charge in [0.1, 0.15) is 0 Å². The lowest BCUT2D eigenvalue weighted by atomic mass is 9.78. The molecule has 1 aromatic heterocycles. The maximum atomic E-state index is 14.2. The van der Waals surface area contributed by atoms with Crippen LogP contribution in [-0.4, -0.2) is 4.57 Å². The average molecular weight is 486 g/mol. The number of benzene rings is 2. The first kappa shape index (κ1) is 28.0. The van der Waals surface area contributed by atoms with Gasteiger partial charge in [0.25, 0.3) is 0 Å². The molecular weight excluding hydrogens is 438 g/mol. The van der Waals surface area contributed by atoms with Crippen LogP contribution in [0.1, 0.15) is 105 Å². The van der Waals surface area contributed by atoms with Gasteiger partial charge in [-0.1, -0.05) is 119 Å². The Bertz CT molecular complexity index is 1160. The Balaban J connectivity index is 2.36. The molecule has 36 heavy (non-hydrogen) atoms. The van der Waals surface area contributed by atoms with E-state index < -0.39 is 0 Å². The Labute approximate surface area is 219 Å². The van der Waals surface area contributed by atoms with Crippen LogP contribution in [0.25, 0.3) is 22.3 Å². The van der Waals surface area contributed by atoms with Gasteiger partial charge in [-0.05, 0) is 55.0 Å². The fourth-order valence-corrected chi connectivity index (χ4v) is 4.42. The van der Waals surface area contributed by atoms with Crippen molar-refractivity contribution in [3.05, 3.63) is 81.3 Å². The topological polar surface area (TPSA) is 22.0 Å². The Morgan fingerprint density at radius 2 is 0.722 bits per heavy atom. The minimum atomic E-state index is -0.0124. The molecular formula is C34H47NO. The molecule has 0 radical (unpaired) electrons. The molecule has 0 atom stereocenters. The molecule has 0 saturated carbocycles. The highest BCUT2D eigenvalue weighted by Crippen LogP contribution is 2.36. The Morgan fingerprint density at radius 1 is 0.472 bits per heavy atom. The SMILES string of the molecule is Cn1cc(-c2cc(C(C)(C)C)cc(C(C)(C)C)c2)c(=O)c(-c2cc(C(C)(C)C)cc(C(C)(C)C)c2)c1. The minimum Gasteiger partial charge on any atom is -0.356 e. The molecule has 1 heterocycles. The van der Waals surface area contributed by atoms with Crippen LogP contribution in [0.2, 0.25) is 0 Å². The zero-order valence-electron chi connectivity index (χ0n) is 25.0. The second-order valence-corrected chi connectivity index (χ2v) is 14.7. The third kappa shape index (κ3) is 6.02. The van der Waals surface area contributed by atoms with Crippen LogP contribution in [0.5, 0.6) is 0 Å². The van der Waals surface area contributed by atoms with E-state index in [9.17, 15) is 4.79 Å². The van der Waals surface area contributed by atoms with E-state index in [0.717, 1.165) is 22.3 Å². The lowest BCUT2D eigenvalue weighted by molar-refractivity contribution is 0.568. The summed E-state index contributed by atoms with van der Waals surface area (Å²) < 4.78 is 2.03. The van der Waals surface area contributed by atoms with Crippen LogP contribution < -0.4 is 5.43 Å². The van der Waals surface area contributed by atoms with Crippen molar-refractivity contribution in [2.45, 2.75) is 105 Å². The summed E-state index contributed by atoms with van der Waals surface area (Å²) in [7, 11) is 2.02. The van der Waals surface area contributed by atoms with Crippen molar-refractivity contribution in [2.75, 3.05) is 0 Å². The molecule has 2 nitrogen and oxygen atoms in total. The van der Waals surface area contributed by atoms with Crippen molar-refractivity contribution >= 4 is 0 Å². The maximum Gasteiger partial charge on any atom is 0.197 e. The summed E-state index contributed by atoms with van der Waals surface area (Å²) in [4.78, 5) is 14.2. The lowest BCUT2D eigenvalue weighted by Crippen LogP contribution is -2.19. The smallest absolute Gasteiger partial charge is 0.197 e. The molecule has 0 amide bonds. The zero-order valence-corrected chi connectivity index (χ0v) is 25.0. The van der Waals surface area contributed by atoms with E-state index in [1.807, 2.05) is 24.0 Å². The molecule has 0 aliphatic rings. The summed E-state index contributed by atoms with van der Waals surface area (Å²) in [6.45, 7) is 26.8. The number of nitrogens with zero attached hydrogens (tertiary/aromatic N) is 1. The van der Waals surface area contributed by atoms with Crippen LogP contribution >= 0.6 is 0 Å². The van der Waals surface area contributed by atoms with E-state index in [1.165, 1.54) is 22.3 Å². The fourth-order valence-electron chi connectivity index (χ4n) is 4.42. The molecule has 0 N–H and O–H groups in total. The largest absolute Gasteiger partial charge is 0.356 e. The first-order valence-corrected chi connectivity index (χ1v) is 13.2. The third-order valence-electron chi connectivity index (χ3n) is 7.11. The van der Waals surface area contributed by atoms with Gasteiger partial charge in [0.05, 0.1) is 0 Å². The van der Waals surface area contributed by atoms with Gasteiger partial charge < -0.3 is 4.57 Å². The van der Waals surface area contributed by atoms with Crippen molar-refractivity contribution in [3.63, 3.8) is 0 Å². The van der Waals surface area contributed by atoms with E-state index >= 15 is 0 Å². The van der Waals surface area contributed by atoms with Crippen LogP contribution in [0.3, 0.4) is 0 Å². The molecule has 0 aliphatic heterocycles. The van der Waals surface area contributed by atoms with Crippen LogP contribution in [0.15, 0.2) is 53.6 Å². The van der Waals surface area contributed by atoms with Gasteiger partial charge in [-0.3, -0.25) is 4.79 Å². The van der Waals surface area contributed by atoms with Crippen molar-refractivity contribution in [1.29, 1.82) is 0 Å². The second kappa shape index (κ2) is 9.05. The van der Waals surface area contributed by atoms with Crippen LogP contribution in [-0.2, 0) is 28.7 Å². The van der Waals surface area contributed by atoms with Gasteiger partial charge in [0.2, 0.25) is 0 Å². The minimum absolute atomic E-state index is 0.0124. The first-order valence-electron chi connectivity index (χ1n) is 13.2. The van der Waals surface area contributed by atoms with Crippen molar-refractivity contribution in [2.24, 2.45) is 7.05 Å². The highest BCUT2D eigenvalue weighted by molar-refractivity contribution is 5.74. The lowest BCUT2D eigenvalue weighted by Gasteiger charge is -2.27. The number of aryl methyl sites for hydroxylation is 1. The first-order chi connectivity index (χ1) is 16.2. The zero-order chi connectivity index (χ0) is 27.4. The van der Waals surface area contributed by atoms with E-state index in [1.54, 1.807) is 0 Å². The van der Waals surface area contributed by atoms with Gasteiger partial charge in [0.15, 0.2) is 5.43 Å². The van der Waals surface area contributed by atoms with E-state index in [-0.39, 0.29) is 27.1 Å². The summed E-state index contributed by atoms with van der Waals surface area (Å²) >= 11 is 0. The summed E-state index contributed by atoms with van der Waals surface area (Å²) in [5, 5.41) is 0. The monoisotopic (exact) mass is 485 g/mol. The highest BCUT2D eigenvalue weighted by Gasteiger charge is 2.24. The Kier molecular flexibility index (Phi) is 7.03. The number of rotatable bonds is 2. The Hall–Kier alpha value is -2.61. The molecule has 0 aliphatic carbocycles. The van der Waals surface area contributed by atoms with E-state index in [2.05, 4.69) is 119 Å². The number of hydrogen-bond acceptors (Lipinski definition) is 1. The van der Waals surface area contributed by atoms with Crippen LogP contribution in [0.4, 0.5) is 0 Å². The normalized spacial score (nSPS) is 13.2. The van der Waals surface area contributed by atoms with Gasteiger partial charge in [-0.2, -0.15) is 0 Å². The molecule has 0 spiro atoms. The molecule has 0 unspecified atom stereocenters. The van der Waals surface area contributed by atoms with E-state index in [4.69, 9.17) is 0 Å². The predicted octanol–water partition coefficient (Wildman–Crippen LogP) is 8.91. The average Bonchev–Trinajstić information content (AvgIpc) is 2.72. The fraction of sp³-hybridized carbons (Fsp3) is 0.500. The quantitative estimate of drug-likeness (QED) is 0.355. The molecule has 0 fully saturated rings. The van der Waals surface area contributed by atoms with Gasteiger partial charge in [-0.25, -0.2) is 0 Å². The van der Waals surface area contributed by atoms with Crippen molar-refractivity contribution in [3.8, 4) is 22.3 Å². The predicted molar refractivity (Wildman–Crippen MR) is 157 cm³/mol. The Morgan fingerprint density at radius 3 is 0.944 bits per heavy atom. The molecule has 3 rings (SSSR count). The molecule has 3 aromatic rings. The number of hydrogen-bond donors (Lipinski definition) is 0. The van der Waals surface area contributed by atoms with Crippen molar-refractivity contribution in [1.82, 2.24) is 4.57 Å². The molecule has 0 bridgehead atoms. The van der Waals surface area contributed by atoms with Crippen molar-refractivity contribution < 1.29 is 0 Å². The summed E-state index contributed by atoms with van der Waals surface area (Å²) in [6.07, 6.45) is 3.97. The third-order valence-corrected chi connectivity index (χ3v) is 7.11. The highest BCUT2D eigenvalue weighted by atomic mass is 16.1. The summed E-state index contributed by atoms with van der Waals surface area (Å²) in [6, 6.07) is 13.5. The molecule has 2 aromatic carbocycles. The van der Waals surface area contributed by atoms with E-state index in [0.29, 0.717) is 0 Å². The van der Waals surface area contributed by atoms with Gasteiger partial charge in [-0.15, -0.1) is 0 Å². The molecule has 0 saturated heterocycles. The summed E-state index contributed by atoms with van der Waals surface area (Å²) in [5.41, 5.74) is 8.55. The molecule has 194 valence electrons. The molecule has 2 heteroatoms. The summed E-state index contributed by atoms with van der Waals surface area (Å²) in [5.74, 6) is 0. The van der Waals surface area contributed by atoms with Crippen LogP contribution in [0, 0.1) is 0 Å². The standard InChI is InChI=1S/C34H47NO/c1-31(2,3)24-14-22(15-25(18-24)32(4,5)6)28-20-35(13)21-29(30(28)36)23-16-26(33(7,8)9)19-27(17-23)34(10,11)12/h14-21H,1-13H3. The second-order valence-electron chi connectivity index (χ2n) is 14.7.